The van der Waals surface area contributed by atoms with Crippen molar-refractivity contribution in [2.45, 2.75) is 105 Å². The molecule has 0 spiro atoms. The van der Waals surface area contributed by atoms with E-state index in [9.17, 15) is 5.11 Å². The maximum absolute atomic E-state index is 11.9. The zero-order chi connectivity index (χ0) is 48.3. The van der Waals surface area contributed by atoms with Crippen molar-refractivity contribution in [3.8, 4) is 39.9 Å². The van der Waals surface area contributed by atoms with E-state index in [0.29, 0.717) is 76.3 Å². The van der Waals surface area contributed by atoms with Gasteiger partial charge < -0.3 is 31.6 Å². The molecule has 1 atom stereocenters. The van der Waals surface area contributed by atoms with Gasteiger partial charge in [0.05, 0.1) is 10.8 Å². The van der Waals surface area contributed by atoms with Crippen molar-refractivity contribution in [2.75, 3.05) is 0 Å². The summed E-state index contributed by atoms with van der Waals surface area (Å²) in [5.41, 5.74) is 3.84. The summed E-state index contributed by atoms with van der Waals surface area (Å²) in [6.45, 7) is 25.0. The van der Waals surface area contributed by atoms with Crippen LogP contribution in [0.3, 0.4) is 0 Å². The van der Waals surface area contributed by atoms with Crippen molar-refractivity contribution in [3.63, 3.8) is 0 Å². The summed E-state index contributed by atoms with van der Waals surface area (Å²) in [5.74, 6) is 2.08. The van der Waals surface area contributed by atoms with Gasteiger partial charge in [-0.15, -0.1) is 0 Å². The number of halogens is 4. The van der Waals surface area contributed by atoms with Gasteiger partial charge in [-0.2, -0.15) is 0 Å². The SMILES string of the molecule is CC(C)(C)c1cc(Cl)cc(-c2cc(Cl)cc(C(C)(C)C)c2OP2Oc3cccc4cc5cccc(Op6oc7c(C(C)(C)C)cc(Cl)cc7c7cc(Cl)cc(C(C)(C)C)c7o6)c5c(c34)O2)c1O. The Bertz CT molecular complexity index is 3290. The summed E-state index contributed by atoms with van der Waals surface area (Å²) in [6.07, 6.45) is 0. The highest BCUT2D eigenvalue weighted by Crippen LogP contribution is 2.59. The van der Waals surface area contributed by atoms with Crippen LogP contribution in [0.2, 0.25) is 20.1 Å². The lowest BCUT2D eigenvalue weighted by atomic mass is 9.82. The molecule has 0 saturated carbocycles. The van der Waals surface area contributed by atoms with Crippen molar-refractivity contribution < 1.29 is 31.6 Å². The van der Waals surface area contributed by atoms with Crippen LogP contribution in [0.4, 0.5) is 0 Å². The minimum atomic E-state index is -2.20. The van der Waals surface area contributed by atoms with Gasteiger partial charge in [0.1, 0.15) is 34.2 Å². The molecule has 9 rings (SSSR count). The third kappa shape index (κ3) is 9.02. The van der Waals surface area contributed by atoms with E-state index >= 15 is 0 Å². The molecule has 0 fully saturated rings. The average molecular weight is 1020 g/mol. The number of phenols is 1. The van der Waals surface area contributed by atoms with Crippen LogP contribution in [-0.2, 0) is 21.7 Å². The zero-order valence-corrected chi connectivity index (χ0v) is 44.3. The molecule has 1 unspecified atom stereocenters. The summed E-state index contributed by atoms with van der Waals surface area (Å²) < 4.78 is 41.6. The Kier molecular flexibility index (Phi) is 12.0. The third-order valence-corrected chi connectivity index (χ3v) is 14.8. The van der Waals surface area contributed by atoms with Gasteiger partial charge in [-0.1, -0.05) is 154 Å². The molecule has 0 aliphatic carbocycles. The maximum atomic E-state index is 11.9. The summed E-state index contributed by atoms with van der Waals surface area (Å²) in [7, 11) is -4.38. The van der Waals surface area contributed by atoms with Gasteiger partial charge in [0.25, 0.3) is 0 Å². The Morgan fingerprint density at radius 3 is 1.52 bits per heavy atom. The van der Waals surface area contributed by atoms with E-state index in [4.69, 9.17) is 72.9 Å². The maximum Gasteiger partial charge on any atom is 0.530 e. The lowest BCUT2D eigenvalue weighted by Gasteiger charge is -2.30. The predicted molar refractivity (Wildman–Crippen MR) is 281 cm³/mol. The second-order valence-corrected chi connectivity index (χ2v) is 25.0. The first-order valence-electron chi connectivity index (χ1n) is 22.0. The lowest BCUT2D eigenvalue weighted by Crippen LogP contribution is -2.16. The second kappa shape index (κ2) is 16.9. The van der Waals surface area contributed by atoms with Crippen LogP contribution in [0.25, 0.3) is 54.6 Å². The quantitative estimate of drug-likeness (QED) is 0.136. The highest BCUT2D eigenvalue weighted by molar-refractivity contribution is 7.43. The van der Waals surface area contributed by atoms with Gasteiger partial charge in [-0.25, -0.2) is 0 Å². The summed E-state index contributed by atoms with van der Waals surface area (Å²) in [5, 5.41) is 18.7. The predicted octanol–water partition coefficient (Wildman–Crippen LogP) is 19.7. The van der Waals surface area contributed by atoms with E-state index < -0.39 is 27.7 Å². The van der Waals surface area contributed by atoms with Crippen LogP contribution < -0.4 is 18.1 Å². The van der Waals surface area contributed by atoms with E-state index in [0.717, 1.165) is 43.6 Å². The number of aromatic hydroxyl groups is 1. The van der Waals surface area contributed by atoms with Crippen LogP contribution in [-0.4, -0.2) is 5.11 Å². The zero-order valence-electron chi connectivity index (χ0n) is 39.5. The van der Waals surface area contributed by atoms with Gasteiger partial charge >= 0.3 is 16.8 Å². The molecule has 8 aromatic rings. The largest absolute Gasteiger partial charge is 0.530 e. The van der Waals surface area contributed by atoms with E-state index in [2.05, 4.69) is 68.4 Å². The van der Waals surface area contributed by atoms with Crippen LogP contribution in [0.15, 0.2) is 99.4 Å². The second-order valence-electron chi connectivity index (χ2n) is 21.2. The van der Waals surface area contributed by atoms with Gasteiger partial charge in [-0.05, 0) is 99.2 Å². The average Bonchev–Trinajstić information content (AvgIpc) is 3.36. The Hall–Kier alpha value is -4.45. The van der Waals surface area contributed by atoms with Crippen molar-refractivity contribution in [1.82, 2.24) is 0 Å². The number of phenolic OH excluding ortho intramolecular Hbond substituents is 1. The Labute approximate surface area is 413 Å². The van der Waals surface area contributed by atoms with Gasteiger partial charge in [0, 0.05) is 64.2 Å². The Balaban J connectivity index is 1.25. The molecule has 7 aromatic carbocycles. The fraction of sp³-hybridized carbons (Fsp3) is 0.296. The third-order valence-electron chi connectivity index (χ3n) is 11.9. The van der Waals surface area contributed by atoms with Crippen LogP contribution >= 0.6 is 63.2 Å². The minimum Gasteiger partial charge on any atom is -0.507 e. The number of fused-ring (bicyclic) bond motifs is 5. The van der Waals surface area contributed by atoms with E-state index in [-0.39, 0.29) is 16.6 Å². The molecule has 0 bridgehead atoms. The first kappa shape index (κ1) is 47.6. The molecular weight excluding hydrogens is 964 g/mol. The van der Waals surface area contributed by atoms with Gasteiger partial charge in [0.15, 0.2) is 5.75 Å². The molecule has 7 nitrogen and oxygen atoms in total. The fourth-order valence-electron chi connectivity index (χ4n) is 8.65. The summed E-state index contributed by atoms with van der Waals surface area (Å²) >= 11 is 27.4. The molecule has 1 aliphatic heterocycles. The van der Waals surface area contributed by atoms with Crippen LogP contribution in [0, 0.1) is 0 Å². The minimum absolute atomic E-state index is 0.0793. The number of hydrogen-bond acceptors (Lipinski definition) is 7. The summed E-state index contributed by atoms with van der Waals surface area (Å²) in [4.78, 5) is 0. The topological polar surface area (TPSA) is 83.4 Å². The molecule has 0 radical (unpaired) electrons. The fourth-order valence-corrected chi connectivity index (χ4v) is 11.7. The molecule has 0 saturated heterocycles. The van der Waals surface area contributed by atoms with Gasteiger partial charge in [0.2, 0.25) is 0 Å². The first-order chi connectivity index (χ1) is 31.3. The molecule has 348 valence electrons. The molecule has 13 heteroatoms. The standard InChI is InChI=1S/C54H52Cl4O7P2/c1-51(2,3)38-24-30(55)20-34(46(38)59)35-21-31(56)25-39(52(4,5)6)47(35)62-67-61-43-18-14-16-29-19-28-15-13-17-42(44(28)50(65-67)45(29)43)60-66-63-48-36(22-32(57)26-40(48)53(7,8)9)37-23-33(58)27-41(49(37)64-66)54(10,11)12/h13-27,59H,1-12H3. The Morgan fingerprint density at radius 1 is 0.493 bits per heavy atom. The molecule has 2 heterocycles. The summed E-state index contributed by atoms with van der Waals surface area (Å²) in [6, 6.07) is 28.7. The van der Waals surface area contributed by atoms with Crippen molar-refractivity contribution in [3.05, 3.63) is 133 Å². The van der Waals surface area contributed by atoms with Crippen LogP contribution in [0.1, 0.15) is 105 Å². The normalized spacial score (nSPS) is 14.4. The smallest absolute Gasteiger partial charge is 0.507 e. The monoisotopic (exact) mass is 1010 g/mol. The number of hydrogen-bond donors (Lipinski definition) is 1. The number of rotatable bonds is 5. The van der Waals surface area contributed by atoms with E-state index in [1.807, 2.05) is 87.5 Å². The molecular formula is C54H52Cl4O7P2. The molecule has 0 amide bonds. The van der Waals surface area contributed by atoms with Crippen LogP contribution in [0.5, 0.6) is 28.7 Å². The molecule has 1 aromatic heterocycles. The van der Waals surface area contributed by atoms with Crippen molar-refractivity contribution in [1.29, 1.82) is 0 Å². The number of benzene rings is 7. The highest BCUT2D eigenvalue weighted by atomic mass is 35.5. The first-order valence-corrected chi connectivity index (χ1v) is 25.7. The van der Waals surface area contributed by atoms with Gasteiger partial charge in [-0.3, -0.25) is 0 Å². The van der Waals surface area contributed by atoms with Crippen molar-refractivity contribution in [2.24, 2.45) is 0 Å². The molecule has 1 aliphatic rings. The van der Waals surface area contributed by atoms with E-state index in [1.54, 1.807) is 18.2 Å². The molecule has 67 heavy (non-hydrogen) atoms. The molecule has 1 N–H and O–H groups in total. The van der Waals surface area contributed by atoms with Crippen molar-refractivity contribution >= 4 is 107 Å². The van der Waals surface area contributed by atoms with E-state index in [1.165, 1.54) is 0 Å². The highest BCUT2D eigenvalue weighted by Gasteiger charge is 2.36. The lowest BCUT2D eigenvalue weighted by molar-refractivity contribution is 0.377. The Morgan fingerprint density at radius 2 is 0.970 bits per heavy atom.